The molecule has 3 rings (SSSR count). The fourth-order valence-corrected chi connectivity index (χ4v) is 2.65. The second kappa shape index (κ2) is 5.67. The maximum Gasteiger partial charge on any atom is 0.123 e. The number of hydrogen-bond donors (Lipinski definition) is 1. The van der Waals surface area contributed by atoms with Crippen molar-refractivity contribution in [2.24, 2.45) is 0 Å². The van der Waals surface area contributed by atoms with Crippen LogP contribution < -0.4 is 10.1 Å². The predicted molar refractivity (Wildman–Crippen MR) is 79.0 cm³/mol. The van der Waals surface area contributed by atoms with E-state index in [0.717, 1.165) is 25.3 Å². The van der Waals surface area contributed by atoms with Crippen LogP contribution >= 0.6 is 0 Å². The molecule has 4 nitrogen and oxygen atoms in total. The van der Waals surface area contributed by atoms with Crippen molar-refractivity contribution in [2.75, 3.05) is 6.54 Å². The Morgan fingerprint density at radius 3 is 3.20 bits per heavy atom. The van der Waals surface area contributed by atoms with E-state index in [1.807, 2.05) is 23.1 Å². The molecule has 106 valence electrons. The SMILES string of the molecule is Cc1ccc2c(c1)CC(CNC(C)Cn1cccn1)O2. The Bertz CT molecular complexity index is 565. The Morgan fingerprint density at radius 1 is 1.50 bits per heavy atom. The molecule has 4 heteroatoms. The number of nitrogens with one attached hydrogen (secondary N) is 1. The van der Waals surface area contributed by atoms with Gasteiger partial charge in [0.1, 0.15) is 11.9 Å². The van der Waals surface area contributed by atoms with Gasteiger partial charge in [0.25, 0.3) is 0 Å². The normalized spacial score (nSPS) is 18.6. The molecule has 0 saturated carbocycles. The van der Waals surface area contributed by atoms with E-state index in [1.54, 1.807) is 0 Å². The second-order valence-electron chi connectivity index (χ2n) is 5.59. The maximum absolute atomic E-state index is 5.96. The minimum Gasteiger partial charge on any atom is -0.488 e. The molecule has 0 radical (unpaired) electrons. The number of nitrogens with zero attached hydrogens (tertiary/aromatic N) is 2. The van der Waals surface area contributed by atoms with Gasteiger partial charge in [0.15, 0.2) is 0 Å². The molecular formula is C16H21N3O. The highest BCUT2D eigenvalue weighted by Gasteiger charge is 2.22. The van der Waals surface area contributed by atoms with E-state index in [9.17, 15) is 0 Å². The molecule has 1 aliphatic heterocycles. The molecule has 1 N–H and O–H groups in total. The van der Waals surface area contributed by atoms with Gasteiger partial charge in [-0.15, -0.1) is 0 Å². The number of fused-ring (bicyclic) bond motifs is 1. The molecular weight excluding hydrogens is 250 g/mol. The van der Waals surface area contributed by atoms with E-state index in [4.69, 9.17) is 4.74 Å². The highest BCUT2D eigenvalue weighted by atomic mass is 16.5. The Morgan fingerprint density at radius 2 is 2.40 bits per heavy atom. The molecule has 0 saturated heterocycles. The van der Waals surface area contributed by atoms with Gasteiger partial charge in [0.2, 0.25) is 0 Å². The molecule has 1 aromatic carbocycles. The zero-order valence-electron chi connectivity index (χ0n) is 12.0. The standard InChI is InChI=1S/C16H21N3O/c1-12-4-5-16-14(8-12)9-15(20-16)10-17-13(2)11-19-7-3-6-18-19/h3-8,13,15,17H,9-11H2,1-2H3. The fourth-order valence-electron chi connectivity index (χ4n) is 2.65. The Labute approximate surface area is 119 Å². The van der Waals surface area contributed by atoms with Crippen molar-refractivity contribution in [1.29, 1.82) is 0 Å². The monoisotopic (exact) mass is 271 g/mol. The van der Waals surface area contributed by atoms with E-state index in [-0.39, 0.29) is 6.10 Å². The van der Waals surface area contributed by atoms with E-state index in [0.29, 0.717) is 6.04 Å². The lowest BCUT2D eigenvalue weighted by atomic mass is 10.1. The van der Waals surface area contributed by atoms with E-state index in [1.165, 1.54) is 11.1 Å². The highest BCUT2D eigenvalue weighted by molar-refractivity contribution is 5.40. The van der Waals surface area contributed by atoms with Crippen molar-refractivity contribution in [3.63, 3.8) is 0 Å². The topological polar surface area (TPSA) is 39.1 Å². The molecule has 1 aromatic heterocycles. The van der Waals surface area contributed by atoms with Crippen molar-refractivity contribution < 1.29 is 4.74 Å². The summed E-state index contributed by atoms with van der Waals surface area (Å²) in [6.07, 6.45) is 5.04. The third kappa shape index (κ3) is 3.02. The van der Waals surface area contributed by atoms with Crippen LogP contribution in [0.3, 0.4) is 0 Å². The van der Waals surface area contributed by atoms with Crippen LogP contribution in [0, 0.1) is 6.92 Å². The van der Waals surface area contributed by atoms with E-state index in [2.05, 4.69) is 42.5 Å². The van der Waals surface area contributed by atoms with Crippen LogP contribution in [0.15, 0.2) is 36.7 Å². The van der Waals surface area contributed by atoms with Crippen LogP contribution in [0.1, 0.15) is 18.1 Å². The Hall–Kier alpha value is -1.81. The summed E-state index contributed by atoms with van der Waals surface area (Å²) in [5, 5.41) is 7.75. The Balaban J connectivity index is 1.48. The molecule has 0 aliphatic carbocycles. The summed E-state index contributed by atoms with van der Waals surface area (Å²) in [5.41, 5.74) is 2.63. The third-order valence-electron chi connectivity index (χ3n) is 3.67. The summed E-state index contributed by atoms with van der Waals surface area (Å²) in [7, 11) is 0. The number of aromatic nitrogens is 2. The summed E-state index contributed by atoms with van der Waals surface area (Å²) in [4.78, 5) is 0. The molecule has 1 aliphatic rings. The van der Waals surface area contributed by atoms with Gasteiger partial charge >= 0.3 is 0 Å². The van der Waals surface area contributed by atoms with Crippen molar-refractivity contribution in [3.8, 4) is 5.75 Å². The molecule has 2 atom stereocenters. The van der Waals surface area contributed by atoms with Gasteiger partial charge in [-0.25, -0.2) is 0 Å². The van der Waals surface area contributed by atoms with Gasteiger partial charge in [0.05, 0.1) is 6.54 Å². The second-order valence-corrected chi connectivity index (χ2v) is 5.59. The lowest BCUT2D eigenvalue weighted by Gasteiger charge is -2.17. The van der Waals surface area contributed by atoms with Crippen LogP contribution in [-0.4, -0.2) is 28.5 Å². The van der Waals surface area contributed by atoms with Crippen LogP contribution in [0.4, 0.5) is 0 Å². The first-order valence-electron chi connectivity index (χ1n) is 7.18. The molecule has 0 amide bonds. The summed E-state index contributed by atoms with van der Waals surface area (Å²) in [5.74, 6) is 1.04. The zero-order chi connectivity index (χ0) is 13.9. The number of rotatable bonds is 5. The Kier molecular flexibility index (Phi) is 3.74. The van der Waals surface area contributed by atoms with Gasteiger partial charge in [0, 0.05) is 31.4 Å². The van der Waals surface area contributed by atoms with Gasteiger partial charge in [-0.1, -0.05) is 17.7 Å². The molecule has 2 unspecified atom stereocenters. The number of benzene rings is 1. The third-order valence-corrected chi connectivity index (χ3v) is 3.67. The number of ether oxygens (including phenoxy) is 1. The fraction of sp³-hybridized carbons (Fsp3) is 0.438. The average Bonchev–Trinajstić information content (AvgIpc) is 3.04. The zero-order valence-corrected chi connectivity index (χ0v) is 12.0. The molecule has 20 heavy (non-hydrogen) atoms. The minimum absolute atomic E-state index is 0.242. The summed E-state index contributed by atoms with van der Waals surface area (Å²) in [6, 6.07) is 8.74. The first kappa shape index (κ1) is 13.2. The lowest BCUT2D eigenvalue weighted by molar-refractivity contribution is 0.219. The minimum atomic E-state index is 0.242. The van der Waals surface area contributed by atoms with Crippen molar-refractivity contribution in [3.05, 3.63) is 47.8 Å². The van der Waals surface area contributed by atoms with Crippen molar-refractivity contribution >= 4 is 0 Å². The average molecular weight is 271 g/mol. The molecule has 0 fully saturated rings. The molecule has 0 bridgehead atoms. The highest BCUT2D eigenvalue weighted by Crippen LogP contribution is 2.29. The van der Waals surface area contributed by atoms with Crippen molar-refractivity contribution in [1.82, 2.24) is 15.1 Å². The van der Waals surface area contributed by atoms with Gasteiger partial charge in [-0.3, -0.25) is 4.68 Å². The van der Waals surface area contributed by atoms with E-state index >= 15 is 0 Å². The number of hydrogen-bond acceptors (Lipinski definition) is 3. The smallest absolute Gasteiger partial charge is 0.123 e. The quantitative estimate of drug-likeness (QED) is 0.906. The largest absolute Gasteiger partial charge is 0.488 e. The maximum atomic E-state index is 5.96. The first-order chi connectivity index (χ1) is 9.70. The van der Waals surface area contributed by atoms with Crippen LogP contribution in [-0.2, 0) is 13.0 Å². The predicted octanol–water partition coefficient (Wildman–Crippen LogP) is 2.17. The van der Waals surface area contributed by atoms with Crippen LogP contribution in [0.25, 0.3) is 0 Å². The van der Waals surface area contributed by atoms with Crippen LogP contribution in [0.5, 0.6) is 5.75 Å². The summed E-state index contributed by atoms with van der Waals surface area (Å²) in [6.45, 7) is 6.05. The van der Waals surface area contributed by atoms with Gasteiger partial charge in [-0.05, 0) is 31.5 Å². The molecule has 2 heterocycles. The molecule has 0 spiro atoms. The van der Waals surface area contributed by atoms with Crippen molar-refractivity contribution in [2.45, 2.75) is 39.0 Å². The van der Waals surface area contributed by atoms with Gasteiger partial charge in [-0.2, -0.15) is 5.10 Å². The number of aryl methyl sites for hydroxylation is 1. The first-order valence-corrected chi connectivity index (χ1v) is 7.18. The summed E-state index contributed by atoms with van der Waals surface area (Å²) >= 11 is 0. The van der Waals surface area contributed by atoms with Gasteiger partial charge < -0.3 is 10.1 Å². The molecule has 2 aromatic rings. The summed E-state index contributed by atoms with van der Waals surface area (Å²) < 4.78 is 7.91. The van der Waals surface area contributed by atoms with Crippen LogP contribution in [0.2, 0.25) is 0 Å². The van der Waals surface area contributed by atoms with E-state index < -0.39 is 0 Å². The lowest BCUT2D eigenvalue weighted by Crippen LogP contribution is -2.38.